The van der Waals surface area contributed by atoms with E-state index in [9.17, 15) is 22.4 Å². The number of benzene rings is 2. The van der Waals surface area contributed by atoms with Gasteiger partial charge in [0.15, 0.2) is 0 Å². The second-order valence-electron chi connectivity index (χ2n) is 7.17. The van der Waals surface area contributed by atoms with Gasteiger partial charge in [-0.05, 0) is 56.7 Å². The number of nitrogens with zero attached hydrogens (tertiary/aromatic N) is 2. The monoisotopic (exact) mass is 418 g/mol. The van der Waals surface area contributed by atoms with Gasteiger partial charge in [0.1, 0.15) is 11.9 Å². The van der Waals surface area contributed by atoms with Crippen molar-refractivity contribution < 1.29 is 22.4 Å². The number of carbonyl (C=O) groups is 2. The van der Waals surface area contributed by atoms with Gasteiger partial charge in [0.05, 0.1) is 17.0 Å². The first-order chi connectivity index (χ1) is 13.7. The number of hydrogen-bond acceptors (Lipinski definition) is 4. The molecule has 0 bridgehead atoms. The van der Waals surface area contributed by atoms with Gasteiger partial charge in [-0.15, -0.1) is 0 Å². The van der Waals surface area contributed by atoms with Gasteiger partial charge in [0.2, 0.25) is 15.9 Å². The van der Waals surface area contributed by atoms with E-state index in [0.29, 0.717) is 6.42 Å². The maximum atomic E-state index is 13.4. The molecule has 0 saturated carbocycles. The average Bonchev–Trinajstić information content (AvgIpc) is 2.96. The Morgan fingerprint density at radius 3 is 2.24 bits per heavy atom. The first kappa shape index (κ1) is 21.1. The fourth-order valence-electron chi connectivity index (χ4n) is 3.40. The van der Waals surface area contributed by atoms with Crippen LogP contribution in [0.5, 0.6) is 0 Å². The molecule has 8 heteroatoms. The van der Waals surface area contributed by atoms with E-state index < -0.39 is 39.7 Å². The molecule has 0 N–H and O–H groups in total. The molecule has 0 spiro atoms. The third-order valence-corrected chi connectivity index (χ3v) is 7.17. The summed E-state index contributed by atoms with van der Waals surface area (Å²) in [5.41, 5.74) is 1.13. The number of rotatable bonds is 6. The van der Waals surface area contributed by atoms with Crippen molar-refractivity contribution in [3.05, 3.63) is 59.9 Å². The number of sulfonamides is 1. The number of amides is 2. The minimum Gasteiger partial charge on any atom is -0.274 e. The van der Waals surface area contributed by atoms with Crippen LogP contribution < -0.4 is 4.90 Å². The normalized spacial score (nSPS) is 18.5. The van der Waals surface area contributed by atoms with Crippen LogP contribution in [0.3, 0.4) is 0 Å². The molecule has 2 unspecified atom stereocenters. The Kier molecular flexibility index (Phi) is 5.86. The van der Waals surface area contributed by atoms with Gasteiger partial charge in [-0.1, -0.05) is 24.6 Å². The summed E-state index contributed by atoms with van der Waals surface area (Å²) in [6.07, 6.45) is 0.214. The third-order valence-electron chi connectivity index (χ3n) is 5.14. The Morgan fingerprint density at radius 1 is 1.10 bits per heavy atom. The summed E-state index contributed by atoms with van der Waals surface area (Å²) < 4.78 is 41.1. The zero-order valence-corrected chi connectivity index (χ0v) is 17.3. The Bertz CT molecular complexity index is 1020. The maximum Gasteiger partial charge on any atom is 0.252 e. The molecule has 0 aromatic heterocycles. The van der Waals surface area contributed by atoms with E-state index in [2.05, 4.69) is 0 Å². The molecule has 1 saturated heterocycles. The maximum absolute atomic E-state index is 13.4. The van der Waals surface area contributed by atoms with E-state index in [1.54, 1.807) is 19.1 Å². The lowest BCUT2D eigenvalue weighted by atomic mass is 10.2. The van der Waals surface area contributed by atoms with E-state index in [1.807, 2.05) is 13.8 Å². The number of halogens is 1. The van der Waals surface area contributed by atoms with Crippen LogP contribution in [-0.2, 0) is 19.6 Å². The van der Waals surface area contributed by atoms with Crippen LogP contribution in [0.2, 0.25) is 0 Å². The zero-order chi connectivity index (χ0) is 21.3. The lowest BCUT2D eigenvalue weighted by molar-refractivity contribution is -0.122. The minimum absolute atomic E-state index is 0.0730. The highest BCUT2D eigenvalue weighted by Gasteiger charge is 2.48. The van der Waals surface area contributed by atoms with Crippen molar-refractivity contribution in [1.29, 1.82) is 0 Å². The van der Waals surface area contributed by atoms with Gasteiger partial charge in [-0.2, -0.15) is 4.31 Å². The van der Waals surface area contributed by atoms with Crippen LogP contribution in [0, 0.1) is 12.7 Å². The molecular formula is C21H23FN2O4S. The predicted octanol–water partition coefficient (Wildman–Crippen LogP) is 3.26. The van der Waals surface area contributed by atoms with Crippen molar-refractivity contribution in [2.45, 2.75) is 50.6 Å². The van der Waals surface area contributed by atoms with Crippen molar-refractivity contribution in [3.8, 4) is 0 Å². The number of aryl methyl sites for hydroxylation is 1. The van der Waals surface area contributed by atoms with E-state index >= 15 is 0 Å². The topological polar surface area (TPSA) is 74.8 Å². The molecule has 3 rings (SSSR count). The van der Waals surface area contributed by atoms with Gasteiger partial charge in [0, 0.05) is 6.04 Å². The minimum atomic E-state index is -4.01. The number of imide groups is 1. The molecule has 29 heavy (non-hydrogen) atoms. The number of anilines is 1. The van der Waals surface area contributed by atoms with Crippen molar-refractivity contribution in [2.24, 2.45) is 0 Å². The highest BCUT2D eigenvalue weighted by atomic mass is 32.2. The van der Waals surface area contributed by atoms with Gasteiger partial charge in [-0.3, -0.25) is 9.59 Å². The summed E-state index contributed by atoms with van der Waals surface area (Å²) >= 11 is 0. The highest BCUT2D eigenvalue weighted by molar-refractivity contribution is 7.89. The van der Waals surface area contributed by atoms with Gasteiger partial charge < -0.3 is 0 Å². The molecule has 1 aliphatic rings. The molecule has 6 nitrogen and oxygen atoms in total. The lowest BCUT2D eigenvalue weighted by Crippen LogP contribution is -2.49. The van der Waals surface area contributed by atoms with E-state index in [0.717, 1.165) is 26.9 Å². The quantitative estimate of drug-likeness (QED) is 0.675. The molecule has 154 valence electrons. The molecule has 0 radical (unpaired) electrons. The summed E-state index contributed by atoms with van der Waals surface area (Å²) in [6.45, 7) is 5.38. The van der Waals surface area contributed by atoms with Gasteiger partial charge in [0.25, 0.3) is 5.91 Å². The van der Waals surface area contributed by atoms with Crippen LogP contribution in [0.4, 0.5) is 10.1 Å². The summed E-state index contributed by atoms with van der Waals surface area (Å²) in [6, 6.07) is 9.70. The van der Waals surface area contributed by atoms with Crippen LogP contribution in [0.15, 0.2) is 53.4 Å². The summed E-state index contributed by atoms with van der Waals surface area (Å²) in [7, 11) is -4.01. The largest absolute Gasteiger partial charge is 0.274 e. The van der Waals surface area contributed by atoms with E-state index in [-0.39, 0.29) is 17.0 Å². The molecule has 2 aromatic rings. The second kappa shape index (κ2) is 8.04. The molecule has 1 heterocycles. The smallest absolute Gasteiger partial charge is 0.252 e. The third kappa shape index (κ3) is 3.95. The lowest BCUT2D eigenvalue weighted by Gasteiger charge is -2.31. The summed E-state index contributed by atoms with van der Waals surface area (Å²) in [5, 5.41) is 0. The molecule has 2 amide bonds. The number of carbonyl (C=O) groups excluding carboxylic acids is 2. The Hall–Kier alpha value is -2.58. The summed E-state index contributed by atoms with van der Waals surface area (Å²) in [5.74, 6) is -1.64. The predicted molar refractivity (Wildman–Crippen MR) is 107 cm³/mol. The van der Waals surface area contributed by atoms with E-state index in [1.165, 1.54) is 24.3 Å². The van der Waals surface area contributed by atoms with Gasteiger partial charge >= 0.3 is 0 Å². The molecular weight excluding hydrogens is 395 g/mol. The summed E-state index contributed by atoms with van der Waals surface area (Å²) in [4.78, 5) is 26.7. The molecule has 0 aliphatic carbocycles. The van der Waals surface area contributed by atoms with Crippen molar-refractivity contribution in [2.75, 3.05) is 4.90 Å². The fraction of sp³-hybridized carbons (Fsp3) is 0.333. The van der Waals surface area contributed by atoms with E-state index in [4.69, 9.17) is 0 Å². The molecule has 1 fully saturated rings. The van der Waals surface area contributed by atoms with Crippen LogP contribution in [0.25, 0.3) is 0 Å². The van der Waals surface area contributed by atoms with Crippen LogP contribution in [-0.4, -0.2) is 36.6 Å². The first-order valence-corrected chi connectivity index (χ1v) is 10.8. The molecule has 1 aliphatic heterocycles. The Labute approximate surface area is 170 Å². The molecule has 2 atom stereocenters. The highest BCUT2D eigenvalue weighted by Crippen LogP contribution is 2.31. The van der Waals surface area contributed by atoms with Crippen molar-refractivity contribution >= 4 is 27.5 Å². The zero-order valence-electron chi connectivity index (χ0n) is 16.5. The van der Waals surface area contributed by atoms with Crippen LogP contribution >= 0.6 is 0 Å². The van der Waals surface area contributed by atoms with Crippen molar-refractivity contribution in [1.82, 2.24) is 4.31 Å². The first-order valence-electron chi connectivity index (χ1n) is 9.39. The molecule has 2 aromatic carbocycles. The SMILES string of the molecule is CCC(C)N(C1CC(=O)N(c2ccc(F)cc2)C1=O)S(=O)(=O)c1ccc(C)cc1. The number of hydrogen-bond donors (Lipinski definition) is 0. The average molecular weight is 418 g/mol. The Balaban J connectivity index is 2.01. The van der Waals surface area contributed by atoms with Crippen LogP contribution in [0.1, 0.15) is 32.3 Å². The van der Waals surface area contributed by atoms with Gasteiger partial charge in [-0.25, -0.2) is 17.7 Å². The Morgan fingerprint density at radius 2 is 1.69 bits per heavy atom. The fourth-order valence-corrected chi connectivity index (χ4v) is 5.25. The standard InChI is InChI=1S/C21H23FN2O4S/c1-4-15(3)24(29(27,28)18-11-5-14(2)6-12-18)19-13-20(25)23(21(19)26)17-9-7-16(22)8-10-17/h5-12,15,19H,4,13H2,1-3H3. The second-order valence-corrected chi connectivity index (χ2v) is 9.01. The van der Waals surface area contributed by atoms with Crippen molar-refractivity contribution in [3.63, 3.8) is 0 Å².